The van der Waals surface area contributed by atoms with Crippen molar-refractivity contribution in [3.63, 3.8) is 0 Å². The molecule has 0 spiro atoms. The number of rotatable bonds is 7. The van der Waals surface area contributed by atoms with Gasteiger partial charge in [0, 0.05) is 42.8 Å². The first-order valence-electron chi connectivity index (χ1n) is 12.4. The average Bonchev–Trinajstić information content (AvgIpc) is 3.20. The Hall–Kier alpha value is -3.06. The summed E-state index contributed by atoms with van der Waals surface area (Å²) in [7, 11) is 3.64. The minimum absolute atomic E-state index is 0.127. The fraction of sp³-hybridized carbons (Fsp3) is 0.462. The largest absolute Gasteiger partial charge is 0.417 e. The van der Waals surface area contributed by atoms with Gasteiger partial charge in [0.15, 0.2) is 0 Å². The lowest BCUT2D eigenvalue weighted by molar-refractivity contribution is -0.123. The topological polar surface area (TPSA) is 98.5 Å². The maximum Gasteiger partial charge on any atom is 0.417 e. The van der Waals surface area contributed by atoms with E-state index in [-0.39, 0.29) is 35.8 Å². The molecule has 2 saturated heterocycles. The number of amides is 1. The summed E-state index contributed by atoms with van der Waals surface area (Å²) in [6, 6.07) is 5.49. The van der Waals surface area contributed by atoms with E-state index in [0.29, 0.717) is 30.7 Å². The molecule has 2 unspecified atom stereocenters. The molecule has 4 atom stereocenters. The molecule has 2 aromatic rings. The van der Waals surface area contributed by atoms with Crippen LogP contribution >= 0.6 is 0 Å². The normalized spacial score (nSPS) is 25.2. The van der Waals surface area contributed by atoms with Gasteiger partial charge in [-0.3, -0.25) is 15.0 Å². The summed E-state index contributed by atoms with van der Waals surface area (Å²) in [5.74, 6) is -0.283. The zero-order valence-electron chi connectivity index (χ0n) is 21.4. The summed E-state index contributed by atoms with van der Waals surface area (Å²) in [6.45, 7) is 4.85. The third-order valence-corrected chi connectivity index (χ3v) is 6.98. The Kier molecular flexibility index (Phi) is 8.36. The van der Waals surface area contributed by atoms with Gasteiger partial charge in [-0.05, 0) is 38.7 Å². The quantitative estimate of drug-likeness (QED) is 0.405. The van der Waals surface area contributed by atoms with Crippen molar-refractivity contribution in [3.8, 4) is 0 Å². The first-order chi connectivity index (χ1) is 18.0. The van der Waals surface area contributed by atoms with E-state index in [1.54, 1.807) is 42.3 Å². The van der Waals surface area contributed by atoms with Gasteiger partial charge in [0.25, 0.3) is 0 Å². The van der Waals surface area contributed by atoms with E-state index in [0.717, 1.165) is 0 Å². The molecule has 38 heavy (non-hydrogen) atoms. The van der Waals surface area contributed by atoms with Crippen molar-refractivity contribution < 1.29 is 22.4 Å². The van der Waals surface area contributed by atoms with Gasteiger partial charge in [0.1, 0.15) is 12.2 Å². The summed E-state index contributed by atoms with van der Waals surface area (Å²) in [5.41, 5.74) is 5.39. The van der Waals surface area contributed by atoms with Crippen LogP contribution in [0.5, 0.6) is 0 Å². The highest BCUT2D eigenvalue weighted by molar-refractivity contribution is 6.00. The van der Waals surface area contributed by atoms with Crippen molar-refractivity contribution in [2.45, 2.75) is 37.0 Å². The van der Waals surface area contributed by atoms with Gasteiger partial charge in [0.2, 0.25) is 5.91 Å². The maximum absolute atomic E-state index is 14.7. The van der Waals surface area contributed by atoms with Crippen LogP contribution in [0.25, 0.3) is 22.4 Å². The smallest absolute Gasteiger partial charge is 0.379 e. The van der Waals surface area contributed by atoms with E-state index in [9.17, 15) is 22.4 Å². The molecule has 206 valence electrons. The number of hydrogen-bond donors (Lipinski definition) is 4. The number of nitrogens with two attached hydrogens (primary N) is 1. The lowest BCUT2D eigenvalue weighted by atomic mass is 9.99. The van der Waals surface area contributed by atoms with Crippen LogP contribution < -0.4 is 21.7 Å². The van der Waals surface area contributed by atoms with Gasteiger partial charge in [-0.25, -0.2) is 9.37 Å². The Bertz CT molecular complexity index is 1220. The Morgan fingerprint density at radius 2 is 2.08 bits per heavy atom. The van der Waals surface area contributed by atoms with Gasteiger partial charge in [0.05, 0.1) is 29.2 Å². The molecule has 4 rings (SSSR count). The van der Waals surface area contributed by atoms with E-state index >= 15 is 0 Å². The molecule has 12 heteroatoms. The molecule has 0 radical (unpaired) electrons. The number of nitrogens with one attached hydrogen (secondary N) is 3. The summed E-state index contributed by atoms with van der Waals surface area (Å²) in [5, 5.41) is 9.69. The number of halogens is 4. The summed E-state index contributed by atoms with van der Waals surface area (Å²) in [4.78, 5) is 20.3. The predicted octanol–water partition coefficient (Wildman–Crippen LogP) is 2.54. The number of benzene rings is 1. The Morgan fingerprint density at radius 1 is 1.32 bits per heavy atom. The number of likely N-dealkylation sites (tertiary alicyclic amines) is 1. The van der Waals surface area contributed by atoms with Crippen molar-refractivity contribution in [1.82, 2.24) is 25.4 Å². The Morgan fingerprint density at radius 3 is 2.74 bits per heavy atom. The molecule has 8 nitrogen and oxygen atoms in total. The standard InChI is InChI=1S/C26H33F4N7O/c1-15(26(28,29)30)22-17-7-4-8-20(35-21-9-11-36(2)13-19(21)27)18(17)12-16(34-22)6-5-10-32-25(38)23-24(31)37(3)14-33-23/h4-8,12,19,21,23-24,33,35H,1,9-11,13-14,31H2,2-3H3,(H,32,38)/b6-5+/t19-,21+,23?,24?/m0/s1. The van der Waals surface area contributed by atoms with Crippen LogP contribution in [0, 0.1) is 0 Å². The lowest BCUT2D eigenvalue weighted by Gasteiger charge is -2.33. The third-order valence-electron chi connectivity index (χ3n) is 6.98. The summed E-state index contributed by atoms with van der Waals surface area (Å²) < 4.78 is 55.7. The van der Waals surface area contributed by atoms with E-state index in [1.165, 1.54) is 6.08 Å². The van der Waals surface area contributed by atoms with E-state index in [4.69, 9.17) is 5.73 Å². The number of pyridine rings is 1. The monoisotopic (exact) mass is 535 g/mol. The molecule has 1 amide bonds. The molecule has 0 aliphatic carbocycles. The summed E-state index contributed by atoms with van der Waals surface area (Å²) in [6.07, 6.45) is -2.58. The number of alkyl halides is 4. The first-order valence-corrected chi connectivity index (χ1v) is 12.4. The fourth-order valence-electron chi connectivity index (χ4n) is 4.71. The number of aromatic nitrogens is 1. The van der Waals surface area contributed by atoms with Crippen LogP contribution in [0.2, 0.25) is 0 Å². The van der Waals surface area contributed by atoms with E-state index in [2.05, 4.69) is 27.5 Å². The highest BCUT2D eigenvalue weighted by Gasteiger charge is 2.36. The fourth-order valence-corrected chi connectivity index (χ4v) is 4.71. The molecule has 1 aromatic heterocycles. The van der Waals surface area contributed by atoms with E-state index < -0.39 is 36.2 Å². The second-order valence-electron chi connectivity index (χ2n) is 9.83. The number of fused-ring (bicyclic) bond motifs is 1. The Labute approximate surface area is 218 Å². The van der Waals surface area contributed by atoms with Gasteiger partial charge >= 0.3 is 6.18 Å². The molecular weight excluding hydrogens is 502 g/mol. The molecule has 0 saturated carbocycles. The van der Waals surface area contributed by atoms with Gasteiger partial charge in [-0.15, -0.1) is 0 Å². The van der Waals surface area contributed by atoms with Crippen LogP contribution in [-0.4, -0.2) is 91.7 Å². The van der Waals surface area contributed by atoms with Gasteiger partial charge < -0.3 is 21.3 Å². The molecule has 1 aromatic carbocycles. The number of likely N-dealkylation sites (N-methyl/N-ethyl adjacent to an activating group) is 1. The molecule has 5 N–H and O–H groups in total. The van der Waals surface area contributed by atoms with Crippen LogP contribution in [-0.2, 0) is 4.79 Å². The van der Waals surface area contributed by atoms with Crippen LogP contribution in [0.15, 0.2) is 36.9 Å². The first kappa shape index (κ1) is 28.0. The number of nitrogens with zero attached hydrogens (tertiary/aromatic N) is 3. The second kappa shape index (κ2) is 11.4. The number of piperidine rings is 1. The van der Waals surface area contributed by atoms with Crippen LogP contribution in [0.1, 0.15) is 17.8 Å². The molecule has 2 aliphatic heterocycles. The summed E-state index contributed by atoms with van der Waals surface area (Å²) >= 11 is 0. The number of carbonyl (C=O) groups is 1. The minimum atomic E-state index is -4.68. The zero-order valence-corrected chi connectivity index (χ0v) is 21.4. The second-order valence-corrected chi connectivity index (χ2v) is 9.83. The molecular formula is C26H33F4N7O. The van der Waals surface area contributed by atoms with Gasteiger partial charge in [-0.2, -0.15) is 13.2 Å². The number of allylic oxidation sites excluding steroid dienone is 1. The molecule has 2 aliphatic rings. The zero-order chi connectivity index (χ0) is 27.6. The van der Waals surface area contributed by atoms with Crippen molar-refractivity contribution in [3.05, 3.63) is 48.3 Å². The third kappa shape index (κ3) is 6.15. The maximum atomic E-state index is 14.7. The van der Waals surface area contributed by atoms with Crippen LogP contribution in [0.4, 0.5) is 23.2 Å². The molecule has 0 bridgehead atoms. The molecule has 3 heterocycles. The number of carbonyl (C=O) groups excluding carboxylic acids is 1. The van der Waals surface area contributed by atoms with Crippen molar-refractivity contribution in [2.24, 2.45) is 5.73 Å². The van der Waals surface area contributed by atoms with E-state index in [1.807, 2.05) is 11.9 Å². The van der Waals surface area contributed by atoms with Crippen molar-refractivity contribution in [2.75, 3.05) is 45.7 Å². The molecule has 2 fully saturated rings. The highest BCUT2D eigenvalue weighted by atomic mass is 19.4. The van der Waals surface area contributed by atoms with Crippen molar-refractivity contribution in [1.29, 1.82) is 0 Å². The average molecular weight is 536 g/mol. The SMILES string of the molecule is C=C(c1nc(/C=C/CNC(=O)C2NCN(C)C2N)cc2c(N[C@@H]3CCN(C)C[C@@H]3F)cccc12)C(F)(F)F. The van der Waals surface area contributed by atoms with Crippen molar-refractivity contribution >= 4 is 34.0 Å². The predicted molar refractivity (Wildman–Crippen MR) is 141 cm³/mol. The van der Waals surface area contributed by atoms with Crippen LogP contribution in [0.3, 0.4) is 0 Å². The Balaban J connectivity index is 1.60. The highest BCUT2D eigenvalue weighted by Crippen LogP contribution is 2.37. The number of anilines is 1. The lowest BCUT2D eigenvalue weighted by Crippen LogP contribution is -2.51. The number of hydrogen-bond acceptors (Lipinski definition) is 7. The van der Waals surface area contributed by atoms with Gasteiger partial charge in [-0.1, -0.05) is 24.8 Å². The minimum Gasteiger partial charge on any atom is -0.379 e.